The summed E-state index contributed by atoms with van der Waals surface area (Å²) in [6, 6.07) is 7.26. The number of hydrogen-bond acceptors (Lipinski definition) is 3. The maximum Gasteiger partial charge on any atom is 0.335 e. The lowest BCUT2D eigenvalue weighted by Gasteiger charge is -2.08. The molecule has 21 heavy (non-hydrogen) atoms. The van der Waals surface area contributed by atoms with Gasteiger partial charge in [0.1, 0.15) is 5.82 Å². The van der Waals surface area contributed by atoms with Crippen molar-refractivity contribution in [1.29, 1.82) is 0 Å². The fourth-order valence-corrected chi connectivity index (χ4v) is 3.88. The molecule has 0 unspecified atom stereocenters. The molecule has 0 radical (unpaired) electrons. The van der Waals surface area contributed by atoms with Crippen molar-refractivity contribution >= 4 is 28.0 Å². The van der Waals surface area contributed by atoms with Crippen molar-refractivity contribution in [3.63, 3.8) is 0 Å². The summed E-state index contributed by atoms with van der Waals surface area (Å²) < 4.78 is 38.6. The first-order chi connectivity index (χ1) is 9.89. The summed E-state index contributed by atoms with van der Waals surface area (Å²) in [5.41, 5.74) is 0.496. The highest BCUT2D eigenvalue weighted by Crippen LogP contribution is 2.33. The van der Waals surface area contributed by atoms with Crippen molar-refractivity contribution in [2.45, 2.75) is 9.79 Å². The van der Waals surface area contributed by atoms with E-state index in [4.69, 9.17) is 5.11 Å². The summed E-state index contributed by atoms with van der Waals surface area (Å²) in [5, 5.41) is 9.00. The van der Waals surface area contributed by atoms with Gasteiger partial charge >= 0.3 is 5.97 Å². The van der Waals surface area contributed by atoms with Gasteiger partial charge in [0.25, 0.3) is 0 Å². The lowest BCUT2D eigenvalue weighted by molar-refractivity contribution is 0.0696. The molecule has 4 nitrogen and oxygen atoms in total. The maximum absolute atomic E-state index is 13.3. The second-order valence-corrected chi connectivity index (χ2v) is 6.46. The van der Waals surface area contributed by atoms with Gasteiger partial charge in [0.2, 0.25) is 9.84 Å². The van der Waals surface area contributed by atoms with Crippen LogP contribution >= 0.6 is 0 Å². The molecule has 0 saturated carbocycles. The summed E-state index contributed by atoms with van der Waals surface area (Å²) in [4.78, 5) is 10.9. The smallest absolute Gasteiger partial charge is 0.335 e. The first-order valence-corrected chi connectivity index (χ1v) is 7.48. The molecule has 0 bridgehead atoms. The van der Waals surface area contributed by atoms with Crippen LogP contribution in [-0.4, -0.2) is 19.5 Å². The molecule has 3 rings (SSSR count). The standard InChI is InChI=1S/C15H9FO4S/c16-12-5-6-13-10(7-12)3-1-9-2-4-11(15(17)18)8-14(9)21(13,19)20/h1-8H,(H,17,18). The Bertz CT molecular complexity index is 898. The zero-order valence-corrected chi connectivity index (χ0v) is 11.4. The third-order valence-corrected chi connectivity index (χ3v) is 5.14. The summed E-state index contributed by atoms with van der Waals surface area (Å²) in [6.07, 6.45) is 3.03. The van der Waals surface area contributed by atoms with Crippen molar-refractivity contribution in [1.82, 2.24) is 0 Å². The first-order valence-electron chi connectivity index (χ1n) is 6.00. The van der Waals surface area contributed by atoms with E-state index in [-0.39, 0.29) is 20.9 Å². The molecule has 2 aromatic carbocycles. The van der Waals surface area contributed by atoms with Gasteiger partial charge in [-0.2, -0.15) is 0 Å². The van der Waals surface area contributed by atoms with E-state index in [0.29, 0.717) is 5.56 Å². The van der Waals surface area contributed by atoms with E-state index in [2.05, 4.69) is 0 Å². The van der Waals surface area contributed by atoms with Crippen LogP contribution in [-0.2, 0) is 9.84 Å². The quantitative estimate of drug-likeness (QED) is 0.702. The molecule has 106 valence electrons. The predicted octanol–water partition coefficient (Wildman–Crippen LogP) is 2.84. The molecule has 2 aromatic rings. The number of halogens is 1. The molecule has 1 aliphatic heterocycles. The van der Waals surface area contributed by atoms with Crippen LogP contribution in [0.5, 0.6) is 0 Å². The number of benzene rings is 2. The van der Waals surface area contributed by atoms with E-state index in [1.165, 1.54) is 30.4 Å². The average Bonchev–Trinajstić information content (AvgIpc) is 2.54. The van der Waals surface area contributed by atoms with Crippen LogP contribution in [0.2, 0.25) is 0 Å². The van der Waals surface area contributed by atoms with Gasteiger partial charge in [-0.1, -0.05) is 18.2 Å². The van der Waals surface area contributed by atoms with Gasteiger partial charge in [-0.3, -0.25) is 0 Å². The number of carbonyl (C=O) groups is 1. The second-order valence-electron chi connectivity index (χ2n) is 4.58. The normalized spacial score (nSPS) is 14.9. The van der Waals surface area contributed by atoms with Crippen LogP contribution in [0.25, 0.3) is 12.2 Å². The number of hydrogen-bond donors (Lipinski definition) is 1. The van der Waals surface area contributed by atoms with Crippen LogP contribution in [0.3, 0.4) is 0 Å². The summed E-state index contributed by atoms with van der Waals surface area (Å²) in [7, 11) is -3.90. The Morgan fingerprint density at radius 3 is 2.38 bits per heavy atom. The van der Waals surface area contributed by atoms with Crippen molar-refractivity contribution in [3.8, 4) is 0 Å². The largest absolute Gasteiger partial charge is 0.478 e. The van der Waals surface area contributed by atoms with Gasteiger partial charge in [0, 0.05) is 0 Å². The van der Waals surface area contributed by atoms with Crippen LogP contribution in [0.4, 0.5) is 4.39 Å². The topological polar surface area (TPSA) is 71.4 Å². The van der Waals surface area contributed by atoms with Gasteiger partial charge in [-0.15, -0.1) is 0 Å². The third kappa shape index (κ3) is 2.13. The van der Waals surface area contributed by atoms with E-state index in [0.717, 1.165) is 18.2 Å². The average molecular weight is 304 g/mol. The summed E-state index contributed by atoms with van der Waals surface area (Å²) in [5.74, 6) is -1.74. The molecular formula is C15H9FO4S. The number of carboxylic acids is 1. The number of aromatic carboxylic acids is 1. The van der Waals surface area contributed by atoms with Crippen molar-refractivity contribution in [3.05, 3.63) is 58.9 Å². The molecular weight excluding hydrogens is 295 g/mol. The zero-order valence-electron chi connectivity index (χ0n) is 10.6. The lowest BCUT2D eigenvalue weighted by Crippen LogP contribution is -2.07. The summed E-state index contributed by atoms with van der Waals surface area (Å²) >= 11 is 0. The molecule has 0 aliphatic carbocycles. The van der Waals surface area contributed by atoms with Crippen molar-refractivity contribution < 1.29 is 22.7 Å². The molecule has 0 spiro atoms. The van der Waals surface area contributed by atoms with E-state index in [9.17, 15) is 17.6 Å². The molecule has 1 heterocycles. The summed E-state index contributed by atoms with van der Waals surface area (Å²) in [6.45, 7) is 0. The van der Waals surface area contributed by atoms with Gasteiger partial charge in [-0.25, -0.2) is 17.6 Å². The highest BCUT2D eigenvalue weighted by Gasteiger charge is 2.26. The minimum Gasteiger partial charge on any atom is -0.478 e. The second kappa shape index (κ2) is 4.53. The van der Waals surface area contributed by atoms with Crippen LogP contribution in [0.1, 0.15) is 21.5 Å². The van der Waals surface area contributed by atoms with Crippen molar-refractivity contribution in [2.75, 3.05) is 0 Å². The number of rotatable bonds is 1. The monoisotopic (exact) mass is 304 g/mol. The molecule has 0 aromatic heterocycles. The minimum absolute atomic E-state index is 0.0403. The maximum atomic E-state index is 13.3. The molecule has 6 heteroatoms. The molecule has 1 aliphatic rings. The van der Waals surface area contributed by atoms with E-state index < -0.39 is 21.6 Å². The predicted molar refractivity (Wildman–Crippen MR) is 74.2 cm³/mol. The van der Waals surface area contributed by atoms with E-state index in [1.807, 2.05) is 0 Å². The Kier molecular flexibility index (Phi) is 2.91. The van der Waals surface area contributed by atoms with Crippen molar-refractivity contribution in [2.24, 2.45) is 0 Å². The molecule has 0 amide bonds. The SMILES string of the molecule is O=C(O)c1ccc2c(c1)S(=O)(=O)c1ccc(F)cc1C=C2. The molecule has 0 saturated heterocycles. The Morgan fingerprint density at radius 1 is 0.952 bits per heavy atom. The third-order valence-electron chi connectivity index (χ3n) is 3.25. The molecule has 1 N–H and O–H groups in total. The Morgan fingerprint density at radius 2 is 1.67 bits per heavy atom. The fourth-order valence-electron chi connectivity index (χ4n) is 2.23. The van der Waals surface area contributed by atoms with Crippen LogP contribution in [0, 0.1) is 5.82 Å². The number of sulfone groups is 1. The van der Waals surface area contributed by atoms with Gasteiger partial charge in [0.15, 0.2) is 0 Å². The molecule has 0 fully saturated rings. The first kappa shape index (κ1) is 13.5. The Labute approximate surface area is 120 Å². The Hall–Kier alpha value is -2.47. The van der Waals surface area contributed by atoms with Gasteiger partial charge < -0.3 is 5.11 Å². The lowest BCUT2D eigenvalue weighted by atomic mass is 10.1. The van der Waals surface area contributed by atoms with Gasteiger partial charge in [-0.05, 0) is 41.5 Å². The fraction of sp³-hybridized carbons (Fsp3) is 0. The van der Waals surface area contributed by atoms with Crippen LogP contribution in [0.15, 0.2) is 46.2 Å². The number of fused-ring (bicyclic) bond motifs is 2. The highest BCUT2D eigenvalue weighted by atomic mass is 32.2. The highest BCUT2D eigenvalue weighted by molar-refractivity contribution is 7.91. The van der Waals surface area contributed by atoms with E-state index >= 15 is 0 Å². The number of carboxylic acid groups (broad SMARTS) is 1. The Balaban J connectivity index is 2.34. The van der Waals surface area contributed by atoms with Crippen LogP contribution < -0.4 is 0 Å². The van der Waals surface area contributed by atoms with Gasteiger partial charge in [0.05, 0.1) is 15.4 Å². The molecule has 0 atom stereocenters. The van der Waals surface area contributed by atoms with E-state index in [1.54, 1.807) is 0 Å². The minimum atomic E-state index is -3.90. The zero-order chi connectivity index (χ0) is 15.2.